The Balaban J connectivity index is 0.000000352. The van der Waals surface area contributed by atoms with Crippen molar-refractivity contribution < 1.29 is 67.1 Å². The zero-order valence-corrected chi connectivity index (χ0v) is 72.9. The number of halogens is 3. The van der Waals surface area contributed by atoms with Crippen molar-refractivity contribution in [3.05, 3.63) is 191 Å². The van der Waals surface area contributed by atoms with Gasteiger partial charge in [-0.15, -0.1) is 20.4 Å². The minimum absolute atomic E-state index is 0.0262. The van der Waals surface area contributed by atoms with Crippen LogP contribution in [0.15, 0.2) is 174 Å². The van der Waals surface area contributed by atoms with Gasteiger partial charge in [0.15, 0.2) is 11.6 Å². The number of carbonyl (C=O) groups excluding carboxylic acids is 5. The van der Waals surface area contributed by atoms with Crippen LogP contribution in [0.4, 0.5) is 63.8 Å². The van der Waals surface area contributed by atoms with Crippen LogP contribution in [0.25, 0.3) is 22.8 Å². The van der Waals surface area contributed by atoms with Crippen molar-refractivity contribution in [2.45, 2.75) is 50.6 Å². The summed E-state index contributed by atoms with van der Waals surface area (Å²) < 4.78 is 120. The second-order valence-electron chi connectivity index (χ2n) is 24.4. The first-order chi connectivity index (χ1) is 56.3. The third-order valence-electron chi connectivity index (χ3n) is 15.7. The van der Waals surface area contributed by atoms with Crippen LogP contribution in [0.2, 0.25) is 0 Å². The Bertz CT molecular complexity index is 5130. The summed E-state index contributed by atoms with van der Waals surface area (Å²) in [5.74, 6) is -0.202. The normalized spacial score (nSPS) is 10.6. The topological polar surface area (TPSA) is 457 Å². The van der Waals surface area contributed by atoms with E-state index in [4.69, 9.17) is 4.74 Å². The van der Waals surface area contributed by atoms with Gasteiger partial charge in [0.2, 0.25) is 46.0 Å². The molecule has 3 amide bonds. The highest BCUT2D eigenvalue weighted by atomic mass is 32.2. The highest BCUT2D eigenvalue weighted by Gasteiger charge is 2.32. The third-order valence-corrected chi connectivity index (χ3v) is 20.8. The summed E-state index contributed by atoms with van der Waals surface area (Å²) in [5, 5.41) is 54.5. The maximum atomic E-state index is 12.5. The van der Waals surface area contributed by atoms with E-state index in [2.05, 4.69) is 104 Å². The molecule has 35 nitrogen and oxygen atoms in total. The van der Waals surface area contributed by atoms with Crippen LogP contribution in [0.5, 0.6) is 0 Å². The number of sulfonamides is 3. The van der Waals surface area contributed by atoms with E-state index in [1.165, 1.54) is 36.3 Å². The molecular formula is C77H106F3N23O12S4. The summed E-state index contributed by atoms with van der Waals surface area (Å²) in [6.45, 7) is 9.77. The average molecular weight is 1730 g/mol. The van der Waals surface area contributed by atoms with E-state index in [9.17, 15) is 62.4 Å². The van der Waals surface area contributed by atoms with Gasteiger partial charge in [0.1, 0.15) is 6.33 Å². The van der Waals surface area contributed by atoms with Crippen molar-refractivity contribution in [1.29, 1.82) is 0 Å². The van der Waals surface area contributed by atoms with Crippen LogP contribution in [-0.4, -0.2) is 210 Å². The monoisotopic (exact) mass is 1730 g/mol. The number of hydrogen-bond donors (Lipinski definition) is 13. The molecule has 0 aliphatic heterocycles. The van der Waals surface area contributed by atoms with E-state index >= 15 is 0 Å². The van der Waals surface area contributed by atoms with E-state index < -0.39 is 53.7 Å². The molecule has 0 aliphatic carbocycles. The zero-order chi connectivity index (χ0) is 89.2. The average Bonchev–Trinajstić information content (AvgIpc) is 1.73. The summed E-state index contributed by atoms with van der Waals surface area (Å²) in [4.78, 5) is 63.2. The van der Waals surface area contributed by atoms with E-state index in [-0.39, 0.29) is 56.1 Å². The van der Waals surface area contributed by atoms with E-state index in [0.29, 0.717) is 47.5 Å². The van der Waals surface area contributed by atoms with Gasteiger partial charge in [-0.2, -0.15) is 23.1 Å². The van der Waals surface area contributed by atoms with Gasteiger partial charge in [0.05, 0.1) is 47.5 Å². The summed E-state index contributed by atoms with van der Waals surface area (Å²) in [5.41, 5.74) is 7.98. The highest BCUT2D eigenvalue weighted by Crippen LogP contribution is 2.32. The smallest absolute Gasteiger partial charge is 0.416 e. The van der Waals surface area contributed by atoms with Gasteiger partial charge in [-0.05, 0) is 127 Å². The minimum atomic E-state index is -4.46. The van der Waals surface area contributed by atoms with Crippen molar-refractivity contribution in [1.82, 2.24) is 70.6 Å². The number of carbonyl (C=O) groups is 5. The molecule has 0 radical (unpaired) electrons. The maximum Gasteiger partial charge on any atom is 0.416 e. The molecule has 10 rings (SSSR count). The molecule has 3 aromatic heterocycles. The molecule has 3 heterocycles. The number of ether oxygens (including phenoxy) is 1. The van der Waals surface area contributed by atoms with Crippen molar-refractivity contribution in [2.24, 2.45) is 20.0 Å². The number of nitrogens with one attached hydrogen (secondary N) is 13. The lowest BCUT2D eigenvalue weighted by molar-refractivity contribution is -0.137. The van der Waals surface area contributed by atoms with Crippen LogP contribution in [0, 0.1) is 5.92 Å². The summed E-state index contributed by atoms with van der Waals surface area (Å²) >= 11 is 1.17. The molecular weight excluding hydrogens is 1620 g/mol. The SMILES string of the molecule is CCNS(=O)(=O)c1cccc(NC)c1.CCNS(=O)(=O)c1cccc(NC)c1.CCOC(=O)c1nnc(NC)s1.CNC(=O)c1cc(NC)cc(C(=O)NC)c1.CNC(=O)c1cc(NC)cc(C(F)(F)F)c1.CNc1cccc(-c2ncnn2C)c1.CNc1cccc(-c2nnn(C)n2)c1.CNc1cccc(N(CC(=O)C(C)C)S(C)(=O)=O)c1. The van der Waals surface area contributed by atoms with Crippen LogP contribution >= 0.6 is 11.3 Å². The molecule has 0 atom stereocenters. The fraction of sp³-hybridized carbons (Fsp3) is 0.325. The Labute approximate surface area is 696 Å². The summed E-state index contributed by atoms with van der Waals surface area (Å²) in [7, 11) is 11.9. The predicted molar refractivity (Wildman–Crippen MR) is 464 cm³/mol. The molecule has 0 spiro atoms. The number of Topliss-reactive ketones (excluding diaryl/α,β-unsaturated/α-hetero) is 1. The van der Waals surface area contributed by atoms with Crippen LogP contribution < -0.4 is 72.2 Å². The third kappa shape index (κ3) is 34.0. The standard InChI is InChI=1S/C13H20N2O3S.C11H15N3O2.C10H11F3N2O.C10H12N4.C9H11N5.2C9H14N2O2S.C6H9N3O2S/c1-10(2)13(16)9-15(19(4,17)18)12-7-5-6-11(8-12)14-3;1-12-9-5-7(10(15)13-2)4-8(6-9)11(16)14-3;1-14-8-4-6(9(16)15-2)3-7(5-8)10(11,12)13;1-11-9-5-3-4-8(6-9)10-12-7-13-14(10)2;1-10-8-5-3-4-7(6-8)9-11-13-14(2)12-9;2*1-3-11-14(12,13)9-6-4-5-8(7-9)10-2;1-3-11-5(10)4-8-9-6(7-2)12-4/h5-8,10,14H,9H2,1-4H3;4-6,12H,1-3H3,(H,13,15)(H,14,16);3-5,14H,1-2H3,(H,15,16);3-7,11H,1-2H3;3-6,10H,1-2H3;2*4-7,10-11H,3H2,1-2H3;3H2,1-2H3,(H,7,9). The number of nitrogens with zero attached hydrogens (tertiary/aromatic N) is 10. The maximum absolute atomic E-state index is 12.5. The Morgan fingerprint density at radius 3 is 1.33 bits per heavy atom. The molecule has 13 N–H and O–H groups in total. The Kier molecular flexibility index (Phi) is 42.6. The fourth-order valence-corrected chi connectivity index (χ4v) is 13.1. The number of amides is 3. The summed E-state index contributed by atoms with van der Waals surface area (Å²) in [6.07, 6.45) is -1.80. The molecule has 0 bridgehead atoms. The molecule has 0 aliphatic rings. The number of tetrazole rings is 1. The van der Waals surface area contributed by atoms with Gasteiger partial charge in [-0.25, -0.2) is 49.2 Å². The van der Waals surface area contributed by atoms with Gasteiger partial charge >= 0.3 is 12.1 Å². The molecule has 42 heteroatoms. The van der Waals surface area contributed by atoms with Crippen molar-refractivity contribution in [2.75, 3.05) is 157 Å². The Morgan fingerprint density at radius 2 is 0.941 bits per heavy atom. The van der Waals surface area contributed by atoms with Crippen molar-refractivity contribution >= 4 is 122 Å². The van der Waals surface area contributed by atoms with E-state index in [0.717, 1.165) is 73.8 Å². The largest absolute Gasteiger partial charge is 0.461 e. The second kappa shape index (κ2) is 50.3. The van der Waals surface area contributed by atoms with E-state index in [1.54, 1.807) is 175 Å². The molecule has 7 aromatic carbocycles. The Hall–Kier alpha value is -12.4. The molecule has 646 valence electrons. The van der Waals surface area contributed by atoms with Gasteiger partial charge < -0.3 is 63.2 Å². The molecule has 0 fully saturated rings. The second-order valence-corrected chi connectivity index (χ2v) is 30.9. The highest BCUT2D eigenvalue weighted by molar-refractivity contribution is 7.92. The quantitative estimate of drug-likeness (QED) is 0.0224. The number of alkyl halides is 3. The van der Waals surface area contributed by atoms with Crippen molar-refractivity contribution in [3.63, 3.8) is 0 Å². The molecule has 0 saturated heterocycles. The Morgan fingerprint density at radius 1 is 0.513 bits per heavy atom. The number of hydrogen-bond acceptors (Lipinski definition) is 28. The van der Waals surface area contributed by atoms with Gasteiger partial charge in [-0.3, -0.25) is 23.5 Å². The molecule has 10 aromatic rings. The lowest BCUT2D eigenvalue weighted by Crippen LogP contribution is -2.36. The number of aryl methyl sites for hydroxylation is 2. The number of rotatable bonds is 26. The number of anilines is 9. The molecule has 0 saturated carbocycles. The van der Waals surface area contributed by atoms with E-state index in [1.807, 2.05) is 87.9 Å². The minimum Gasteiger partial charge on any atom is -0.461 e. The zero-order valence-electron chi connectivity index (χ0n) is 69.6. The lowest BCUT2D eigenvalue weighted by Gasteiger charge is -2.23. The van der Waals surface area contributed by atoms with Gasteiger partial charge in [-0.1, -0.05) is 81.5 Å². The van der Waals surface area contributed by atoms with Crippen LogP contribution in [0.3, 0.4) is 0 Å². The lowest BCUT2D eigenvalue weighted by atomic mass is 10.1. The number of ketones is 1. The first kappa shape index (κ1) is 101. The van der Waals surface area contributed by atoms with Crippen molar-refractivity contribution in [3.8, 4) is 22.8 Å². The first-order valence-corrected chi connectivity index (χ1v) is 42.0. The molecule has 0 unspecified atom stereocenters. The number of benzene rings is 7. The first-order valence-electron chi connectivity index (χ1n) is 36.4. The van der Waals surface area contributed by atoms with Crippen LogP contribution in [0.1, 0.15) is 81.1 Å². The fourth-order valence-electron chi connectivity index (χ4n) is 9.44. The number of aromatic nitrogens is 9. The molecule has 119 heavy (non-hydrogen) atoms. The predicted octanol–water partition coefficient (Wildman–Crippen LogP) is 9.53. The van der Waals surface area contributed by atoms with Crippen LogP contribution in [-0.2, 0) is 59.9 Å². The van der Waals surface area contributed by atoms with Gasteiger partial charge in [0, 0.05) is 171 Å². The summed E-state index contributed by atoms with van der Waals surface area (Å²) in [6, 6.07) is 44.3. The number of esters is 1. The van der Waals surface area contributed by atoms with Gasteiger partial charge in [0.25, 0.3) is 17.7 Å².